The largest absolute Gasteiger partial charge is 0.434 e. The van der Waals surface area contributed by atoms with Crippen LogP contribution in [0.2, 0.25) is 0 Å². The van der Waals surface area contributed by atoms with Crippen LogP contribution in [0.5, 0.6) is 0 Å². The number of rotatable bonds is 6. The topological polar surface area (TPSA) is 93.2 Å². The molecule has 2 bridgehead atoms. The molecular formula is C13H19BrN4O3. The van der Waals surface area contributed by atoms with Gasteiger partial charge in [0, 0.05) is 17.4 Å². The van der Waals surface area contributed by atoms with E-state index in [1.807, 2.05) is 0 Å². The van der Waals surface area contributed by atoms with Gasteiger partial charge in [0.2, 0.25) is 0 Å². The van der Waals surface area contributed by atoms with Gasteiger partial charge in [-0.2, -0.15) is 0 Å². The number of fused-ring (bicyclic) bond motifs is 2. The third kappa shape index (κ3) is 2.97. The highest BCUT2D eigenvalue weighted by Crippen LogP contribution is 2.47. The number of halogens is 1. The second-order valence-electron chi connectivity index (χ2n) is 6.00. The van der Waals surface area contributed by atoms with Crippen LogP contribution >= 0.6 is 15.9 Å². The van der Waals surface area contributed by atoms with Gasteiger partial charge in [0.15, 0.2) is 0 Å². The molecule has 0 aromatic carbocycles. The fourth-order valence-electron chi connectivity index (χ4n) is 3.68. The molecule has 1 heterocycles. The Morgan fingerprint density at radius 3 is 3.00 bits per heavy atom. The predicted molar refractivity (Wildman–Crippen MR) is 80.2 cm³/mol. The van der Waals surface area contributed by atoms with Crippen LogP contribution in [0.1, 0.15) is 19.3 Å². The van der Waals surface area contributed by atoms with Crippen molar-refractivity contribution < 1.29 is 10.0 Å². The van der Waals surface area contributed by atoms with Crippen LogP contribution in [0, 0.1) is 22.0 Å². The number of hydrogen-bond donors (Lipinski definition) is 2. The van der Waals surface area contributed by atoms with E-state index in [1.54, 1.807) is 0 Å². The van der Waals surface area contributed by atoms with Crippen LogP contribution < -0.4 is 5.32 Å². The summed E-state index contributed by atoms with van der Waals surface area (Å²) < 4.78 is 1.37. The van der Waals surface area contributed by atoms with E-state index in [-0.39, 0.29) is 12.5 Å². The molecule has 0 spiro atoms. The Kier molecular flexibility index (Phi) is 4.28. The quantitative estimate of drug-likeness (QED) is 0.454. The van der Waals surface area contributed by atoms with Crippen molar-refractivity contribution in [3.05, 3.63) is 22.5 Å². The Morgan fingerprint density at radius 2 is 2.33 bits per heavy atom. The van der Waals surface area contributed by atoms with Gasteiger partial charge in [0.1, 0.15) is 12.4 Å². The van der Waals surface area contributed by atoms with E-state index in [1.165, 1.54) is 36.2 Å². The Hall–Kier alpha value is -0.990. The number of alkyl halides is 1. The smallest absolute Gasteiger partial charge is 0.390 e. The Bertz CT molecular complexity index is 521. The molecule has 116 valence electrons. The normalized spacial score (nSPS) is 32.5. The molecular weight excluding hydrogens is 340 g/mol. The molecule has 1 aromatic heterocycles. The number of hydrogen-bond acceptors (Lipinski definition) is 5. The van der Waals surface area contributed by atoms with Gasteiger partial charge < -0.3 is 20.5 Å². The van der Waals surface area contributed by atoms with Crippen molar-refractivity contribution in [2.75, 3.05) is 6.54 Å². The Labute approximate surface area is 131 Å². The van der Waals surface area contributed by atoms with E-state index in [4.69, 9.17) is 0 Å². The molecule has 2 saturated carbocycles. The first-order valence-electron chi connectivity index (χ1n) is 7.27. The number of aromatic nitrogens is 2. The van der Waals surface area contributed by atoms with Gasteiger partial charge in [-0.3, -0.25) is 0 Å². The molecule has 8 heteroatoms. The molecule has 5 atom stereocenters. The van der Waals surface area contributed by atoms with Gasteiger partial charge in [0.05, 0.1) is 12.6 Å². The highest BCUT2D eigenvalue weighted by molar-refractivity contribution is 9.09. The van der Waals surface area contributed by atoms with E-state index < -0.39 is 11.0 Å². The van der Waals surface area contributed by atoms with E-state index in [2.05, 4.69) is 26.2 Å². The lowest BCUT2D eigenvalue weighted by molar-refractivity contribution is -0.397. The minimum atomic E-state index is -0.670. The zero-order valence-corrected chi connectivity index (χ0v) is 13.1. The average molecular weight is 359 g/mol. The first-order valence-corrected chi connectivity index (χ1v) is 8.19. The molecule has 7 nitrogen and oxygen atoms in total. The maximum Gasteiger partial charge on any atom is 0.434 e. The zero-order valence-electron chi connectivity index (χ0n) is 11.6. The van der Waals surface area contributed by atoms with Gasteiger partial charge in [-0.15, -0.1) is 0 Å². The molecule has 0 aliphatic heterocycles. The highest BCUT2D eigenvalue weighted by Gasteiger charge is 2.46. The molecule has 0 saturated heterocycles. The molecule has 21 heavy (non-hydrogen) atoms. The number of aliphatic hydroxyl groups excluding tert-OH is 1. The Morgan fingerprint density at radius 1 is 1.57 bits per heavy atom. The van der Waals surface area contributed by atoms with Crippen molar-refractivity contribution >= 4 is 21.9 Å². The van der Waals surface area contributed by atoms with Crippen molar-refractivity contribution in [2.45, 2.75) is 42.8 Å². The lowest BCUT2D eigenvalue weighted by atomic mass is 9.95. The van der Waals surface area contributed by atoms with Crippen LogP contribution in [0.4, 0.5) is 5.95 Å². The highest BCUT2D eigenvalue weighted by atomic mass is 79.9. The minimum absolute atomic E-state index is 0.178. The summed E-state index contributed by atoms with van der Waals surface area (Å²) in [6.07, 6.45) is 6.04. The van der Waals surface area contributed by atoms with Gasteiger partial charge in [0.25, 0.3) is 0 Å². The molecule has 2 N–H and O–H groups in total. The monoisotopic (exact) mass is 358 g/mol. The molecule has 1 unspecified atom stereocenters. The first kappa shape index (κ1) is 14.9. The number of nitro groups is 1. The van der Waals surface area contributed by atoms with Gasteiger partial charge in [-0.1, -0.05) is 20.9 Å². The van der Waals surface area contributed by atoms with Crippen molar-refractivity contribution in [2.24, 2.45) is 11.8 Å². The lowest BCUT2D eigenvalue weighted by Crippen LogP contribution is -2.45. The number of nitrogens with one attached hydrogen (secondary N) is 1. The van der Waals surface area contributed by atoms with Crippen molar-refractivity contribution in [3.8, 4) is 0 Å². The van der Waals surface area contributed by atoms with E-state index in [0.29, 0.717) is 23.3 Å². The second-order valence-corrected chi connectivity index (χ2v) is 7.06. The van der Waals surface area contributed by atoms with E-state index in [0.717, 1.165) is 5.92 Å². The van der Waals surface area contributed by atoms with Crippen LogP contribution in [-0.4, -0.2) is 43.1 Å². The summed E-state index contributed by atoms with van der Waals surface area (Å²) in [6, 6.07) is 0.399. The molecule has 2 aliphatic carbocycles. The zero-order chi connectivity index (χ0) is 15.0. The fraction of sp³-hybridized carbons (Fsp3) is 0.769. The lowest BCUT2D eigenvalue weighted by Gasteiger charge is -2.28. The molecule has 2 aliphatic rings. The molecule has 2 fully saturated rings. The van der Waals surface area contributed by atoms with Crippen molar-refractivity contribution in [1.29, 1.82) is 0 Å². The van der Waals surface area contributed by atoms with Gasteiger partial charge >= 0.3 is 5.95 Å². The average Bonchev–Trinajstić information content (AvgIpc) is 3.12. The SMILES string of the molecule is O=[N+]([O-])c1nccn1CC(O)CN[C@@H]1[C@H]2CC[C@H](C2)[C@@H]1Br. The fourth-order valence-corrected chi connectivity index (χ4v) is 4.78. The summed E-state index contributed by atoms with van der Waals surface area (Å²) in [5.41, 5.74) is 0. The molecule has 3 rings (SSSR count). The summed E-state index contributed by atoms with van der Waals surface area (Å²) >= 11 is 3.75. The van der Waals surface area contributed by atoms with Gasteiger partial charge in [-0.25, -0.2) is 4.57 Å². The molecule has 0 radical (unpaired) electrons. The Balaban J connectivity index is 1.52. The molecule has 0 amide bonds. The van der Waals surface area contributed by atoms with Crippen LogP contribution in [0.15, 0.2) is 12.4 Å². The number of aliphatic hydroxyl groups is 1. The minimum Gasteiger partial charge on any atom is -0.390 e. The second kappa shape index (κ2) is 6.02. The van der Waals surface area contributed by atoms with Crippen LogP contribution in [-0.2, 0) is 6.54 Å². The summed E-state index contributed by atoms with van der Waals surface area (Å²) in [4.78, 5) is 14.4. The maximum absolute atomic E-state index is 10.8. The predicted octanol–water partition coefficient (Wildman–Crippen LogP) is 1.30. The third-order valence-electron chi connectivity index (χ3n) is 4.67. The van der Waals surface area contributed by atoms with E-state index in [9.17, 15) is 15.2 Å². The van der Waals surface area contributed by atoms with Crippen molar-refractivity contribution in [1.82, 2.24) is 14.9 Å². The third-order valence-corrected chi connectivity index (χ3v) is 5.99. The number of imidazole rings is 1. The summed E-state index contributed by atoms with van der Waals surface area (Å²) in [5, 5.41) is 24.3. The van der Waals surface area contributed by atoms with E-state index >= 15 is 0 Å². The van der Waals surface area contributed by atoms with Crippen LogP contribution in [0.25, 0.3) is 0 Å². The molecule has 1 aromatic rings. The summed E-state index contributed by atoms with van der Waals surface area (Å²) in [7, 11) is 0. The summed E-state index contributed by atoms with van der Waals surface area (Å²) in [5.74, 6) is 1.21. The maximum atomic E-state index is 10.8. The van der Waals surface area contributed by atoms with Crippen LogP contribution in [0.3, 0.4) is 0 Å². The first-order chi connectivity index (χ1) is 10.1. The summed E-state index contributed by atoms with van der Waals surface area (Å²) in [6.45, 7) is 0.613. The van der Waals surface area contributed by atoms with Gasteiger partial charge in [-0.05, 0) is 36.0 Å². The van der Waals surface area contributed by atoms with Crippen molar-refractivity contribution in [3.63, 3.8) is 0 Å². The standard InChI is InChI=1S/C13H19BrN4O3/c14-11-8-1-2-9(5-8)12(11)16-6-10(19)7-17-4-3-15-13(17)18(20)21/h3-4,8-12,16,19H,1-2,5-7H2/t8-,9+,10?,11+,12-/m1/s1. The number of nitrogens with zero attached hydrogens (tertiary/aromatic N) is 3.